The number of nitrogens with one attached hydrogen (secondary N) is 2. The summed E-state index contributed by atoms with van der Waals surface area (Å²) in [5.74, 6) is -0.222. The van der Waals surface area contributed by atoms with Gasteiger partial charge in [0.25, 0.3) is 0 Å². The number of rotatable bonds is 5. The van der Waals surface area contributed by atoms with Crippen molar-refractivity contribution in [2.75, 3.05) is 24.3 Å². The smallest absolute Gasteiger partial charge is 0.411 e. The van der Waals surface area contributed by atoms with Crippen molar-refractivity contribution in [2.24, 2.45) is 0 Å². The van der Waals surface area contributed by atoms with Crippen LogP contribution in [-0.2, 0) is 11.2 Å². The Kier molecular flexibility index (Phi) is 5.15. The number of halogens is 1. The molecular formula is C16H17FN2O2. The summed E-state index contributed by atoms with van der Waals surface area (Å²) in [6.07, 6.45) is 0.314. The van der Waals surface area contributed by atoms with Crippen LogP contribution in [0.4, 0.5) is 20.6 Å². The molecule has 2 aromatic carbocycles. The monoisotopic (exact) mass is 288 g/mol. The molecule has 21 heavy (non-hydrogen) atoms. The van der Waals surface area contributed by atoms with Crippen molar-refractivity contribution in [3.05, 3.63) is 59.9 Å². The largest absolute Gasteiger partial charge is 0.453 e. The molecule has 0 radical (unpaired) electrons. The fourth-order valence-electron chi connectivity index (χ4n) is 1.84. The van der Waals surface area contributed by atoms with Crippen molar-refractivity contribution in [3.8, 4) is 0 Å². The average molecular weight is 288 g/mol. The molecule has 0 aliphatic rings. The Hall–Kier alpha value is -2.56. The van der Waals surface area contributed by atoms with E-state index in [1.165, 1.54) is 19.2 Å². The molecule has 0 atom stereocenters. The average Bonchev–Trinajstić information content (AvgIpc) is 2.51. The van der Waals surface area contributed by atoms with E-state index < -0.39 is 6.09 Å². The van der Waals surface area contributed by atoms with Crippen LogP contribution in [0.5, 0.6) is 0 Å². The molecule has 2 N–H and O–H groups in total. The SMILES string of the molecule is COC(=O)Nc1ccc(NCCc2ccc(F)cc2)cc1. The second-order valence-corrected chi connectivity index (χ2v) is 4.50. The number of hydrogen-bond acceptors (Lipinski definition) is 3. The van der Waals surface area contributed by atoms with Gasteiger partial charge in [-0.1, -0.05) is 12.1 Å². The number of carbonyl (C=O) groups is 1. The maximum absolute atomic E-state index is 12.8. The van der Waals surface area contributed by atoms with Gasteiger partial charge in [-0.25, -0.2) is 9.18 Å². The van der Waals surface area contributed by atoms with Crippen LogP contribution in [-0.4, -0.2) is 19.7 Å². The topological polar surface area (TPSA) is 50.4 Å². The van der Waals surface area contributed by atoms with Crippen LogP contribution in [0.3, 0.4) is 0 Å². The third-order valence-corrected chi connectivity index (χ3v) is 2.97. The van der Waals surface area contributed by atoms with E-state index in [1.54, 1.807) is 24.3 Å². The number of ether oxygens (including phenoxy) is 1. The Bertz CT molecular complexity index is 582. The third kappa shape index (κ3) is 4.80. The Labute approximate surface area is 122 Å². The van der Waals surface area contributed by atoms with Crippen LogP contribution < -0.4 is 10.6 Å². The van der Waals surface area contributed by atoms with Crippen LogP contribution >= 0.6 is 0 Å². The van der Waals surface area contributed by atoms with Gasteiger partial charge in [-0.05, 0) is 48.4 Å². The molecule has 110 valence electrons. The fourth-order valence-corrected chi connectivity index (χ4v) is 1.84. The molecule has 0 unspecified atom stereocenters. The quantitative estimate of drug-likeness (QED) is 0.882. The van der Waals surface area contributed by atoms with E-state index in [2.05, 4.69) is 15.4 Å². The highest BCUT2D eigenvalue weighted by Crippen LogP contribution is 2.14. The first-order valence-electron chi connectivity index (χ1n) is 6.61. The zero-order chi connectivity index (χ0) is 15.1. The maximum atomic E-state index is 12.8. The highest BCUT2D eigenvalue weighted by molar-refractivity contribution is 5.84. The highest BCUT2D eigenvalue weighted by Gasteiger charge is 2.00. The molecular weight excluding hydrogens is 271 g/mol. The molecule has 0 saturated heterocycles. The lowest BCUT2D eigenvalue weighted by Gasteiger charge is -2.08. The number of methoxy groups -OCH3 is 1. The number of hydrogen-bond donors (Lipinski definition) is 2. The van der Waals surface area contributed by atoms with E-state index in [-0.39, 0.29) is 5.82 Å². The van der Waals surface area contributed by atoms with Gasteiger partial charge >= 0.3 is 6.09 Å². The van der Waals surface area contributed by atoms with Gasteiger partial charge in [0.15, 0.2) is 0 Å². The molecule has 0 spiro atoms. The van der Waals surface area contributed by atoms with Crippen molar-refractivity contribution < 1.29 is 13.9 Å². The van der Waals surface area contributed by atoms with Crippen molar-refractivity contribution in [3.63, 3.8) is 0 Å². The predicted octanol–water partition coefficient (Wildman–Crippen LogP) is 3.66. The van der Waals surface area contributed by atoms with Crippen LogP contribution in [0.2, 0.25) is 0 Å². The Balaban J connectivity index is 1.80. The Morgan fingerprint density at radius 2 is 1.67 bits per heavy atom. The second kappa shape index (κ2) is 7.28. The van der Waals surface area contributed by atoms with Gasteiger partial charge < -0.3 is 10.1 Å². The standard InChI is InChI=1S/C16H17FN2O2/c1-21-16(20)19-15-8-6-14(7-9-15)18-11-10-12-2-4-13(17)5-3-12/h2-9,18H,10-11H2,1H3,(H,19,20). The molecule has 0 saturated carbocycles. The summed E-state index contributed by atoms with van der Waals surface area (Å²) in [6, 6.07) is 13.8. The Morgan fingerprint density at radius 1 is 1.05 bits per heavy atom. The minimum Gasteiger partial charge on any atom is -0.453 e. The predicted molar refractivity (Wildman–Crippen MR) is 81.1 cm³/mol. The van der Waals surface area contributed by atoms with E-state index in [0.29, 0.717) is 5.69 Å². The molecule has 0 heterocycles. The third-order valence-electron chi connectivity index (χ3n) is 2.97. The molecule has 0 aliphatic carbocycles. The lowest BCUT2D eigenvalue weighted by atomic mass is 10.1. The summed E-state index contributed by atoms with van der Waals surface area (Å²) in [7, 11) is 1.32. The molecule has 0 bridgehead atoms. The van der Waals surface area contributed by atoms with Crippen LogP contribution in [0, 0.1) is 5.82 Å². The van der Waals surface area contributed by atoms with E-state index in [9.17, 15) is 9.18 Å². The van der Waals surface area contributed by atoms with Crippen LogP contribution in [0.15, 0.2) is 48.5 Å². The summed E-state index contributed by atoms with van der Waals surface area (Å²) in [4.78, 5) is 11.0. The van der Waals surface area contributed by atoms with Crippen molar-refractivity contribution in [2.45, 2.75) is 6.42 Å². The maximum Gasteiger partial charge on any atom is 0.411 e. The number of anilines is 2. The summed E-state index contributed by atoms with van der Waals surface area (Å²) >= 11 is 0. The molecule has 0 fully saturated rings. The van der Waals surface area contributed by atoms with Gasteiger partial charge in [0, 0.05) is 17.9 Å². The summed E-state index contributed by atoms with van der Waals surface area (Å²) in [5.41, 5.74) is 2.70. The minimum atomic E-state index is -0.494. The van der Waals surface area contributed by atoms with E-state index in [1.807, 2.05) is 12.1 Å². The zero-order valence-corrected chi connectivity index (χ0v) is 11.7. The molecule has 5 heteroatoms. The van der Waals surface area contributed by atoms with Gasteiger partial charge in [0.1, 0.15) is 5.82 Å². The van der Waals surface area contributed by atoms with E-state index in [4.69, 9.17) is 0 Å². The first-order chi connectivity index (χ1) is 10.2. The summed E-state index contributed by atoms with van der Waals surface area (Å²) in [6.45, 7) is 0.745. The van der Waals surface area contributed by atoms with Crippen molar-refractivity contribution in [1.82, 2.24) is 0 Å². The van der Waals surface area contributed by atoms with Crippen molar-refractivity contribution in [1.29, 1.82) is 0 Å². The first kappa shape index (κ1) is 14.8. The highest BCUT2D eigenvalue weighted by atomic mass is 19.1. The van der Waals surface area contributed by atoms with Gasteiger partial charge in [-0.3, -0.25) is 5.32 Å². The Morgan fingerprint density at radius 3 is 2.29 bits per heavy atom. The lowest BCUT2D eigenvalue weighted by molar-refractivity contribution is 0.187. The van der Waals surface area contributed by atoms with E-state index >= 15 is 0 Å². The molecule has 0 aromatic heterocycles. The van der Waals surface area contributed by atoms with Crippen LogP contribution in [0.25, 0.3) is 0 Å². The molecule has 4 nitrogen and oxygen atoms in total. The zero-order valence-electron chi connectivity index (χ0n) is 11.7. The van der Waals surface area contributed by atoms with Crippen LogP contribution in [0.1, 0.15) is 5.56 Å². The first-order valence-corrected chi connectivity index (χ1v) is 6.61. The van der Waals surface area contributed by atoms with E-state index in [0.717, 1.165) is 24.2 Å². The van der Waals surface area contributed by atoms with Gasteiger partial charge in [-0.2, -0.15) is 0 Å². The number of amides is 1. The molecule has 2 rings (SSSR count). The number of benzene rings is 2. The van der Waals surface area contributed by atoms with Gasteiger partial charge in [0.05, 0.1) is 7.11 Å². The van der Waals surface area contributed by atoms with Gasteiger partial charge in [0.2, 0.25) is 0 Å². The summed E-state index contributed by atoms with van der Waals surface area (Å²) in [5, 5.41) is 5.85. The molecule has 2 aromatic rings. The normalized spacial score (nSPS) is 10.0. The number of carbonyl (C=O) groups excluding carboxylic acids is 1. The molecule has 0 aliphatic heterocycles. The lowest BCUT2D eigenvalue weighted by Crippen LogP contribution is -2.11. The minimum absolute atomic E-state index is 0.222. The fraction of sp³-hybridized carbons (Fsp3) is 0.188. The second-order valence-electron chi connectivity index (χ2n) is 4.50. The molecule has 1 amide bonds. The van der Waals surface area contributed by atoms with Crippen molar-refractivity contribution >= 4 is 17.5 Å². The van der Waals surface area contributed by atoms with Gasteiger partial charge in [-0.15, -0.1) is 0 Å². The summed E-state index contributed by atoms with van der Waals surface area (Å²) < 4.78 is 17.3.